The second kappa shape index (κ2) is 7.48. The number of rotatable bonds is 3. The van der Waals surface area contributed by atoms with Gasteiger partial charge >= 0.3 is 0 Å². The third-order valence-electron chi connectivity index (χ3n) is 4.33. The van der Waals surface area contributed by atoms with Gasteiger partial charge in [0.15, 0.2) is 5.11 Å². The number of nitrogens with one attached hydrogen (secondary N) is 3. The molecule has 0 spiro atoms. The minimum Gasteiger partial charge on any atom is -0.351 e. The Kier molecular flexibility index (Phi) is 5.30. The maximum Gasteiger partial charge on any atom is 0.255 e. The van der Waals surface area contributed by atoms with E-state index in [4.69, 9.17) is 23.8 Å². The molecule has 1 atom stereocenters. The summed E-state index contributed by atoms with van der Waals surface area (Å²) in [7, 11) is 0. The number of halogens is 1. The van der Waals surface area contributed by atoms with E-state index in [9.17, 15) is 4.79 Å². The van der Waals surface area contributed by atoms with E-state index in [0.29, 0.717) is 15.7 Å². The van der Waals surface area contributed by atoms with Crippen molar-refractivity contribution in [3.8, 4) is 0 Å². The van der Waals surface area contributed by atoms with Crippen molar-refractivity contribution in [2.75, 3.05) is 5.32 Å². The summed E-state index contributed by atoms with van der Waals surface area (Å²) in [4.78, 5) is 13.1. The number of thiocarbonyl (C=S) groups is 1. The fraction of sp³-hybridized carbons (Fsp3) is 0.200. The molecule has 2 aromatic carbocycles. The van der Waals surface area contributed by atoms with Crippen LogP contribution in [0.4, 0.5) is 5.69 Å². The minimum absolute atomic E-state index is 0.179. The number of allylic oxidation sites excluding steroid dienone is 1. The highest BCUT2D eigenvalue weighted by Crippen LogP contribution is 2.29. The van der Waals surface area contributed by atoms with Gasteiger partial charge < -0.3 is 16.0 Å². The van der Waals surface area contributed by atoms with Crippen LogP contribution in [0.5, 0.6) is 0 Å². The minimum atomic E-state index is -0.367. The van der Waals surface area contributed by atoms with E-state index in [1.165, 1.54) is 0 Å². The lowest BCUT2D eigenvalue weighted by Crippen LogP contribution is -2.45. The summed E-state index contributed by atoms with van der Waals surface area (Å²) in [5.74, 6) is -0.179. The number of amides is 1. The van der Waals surface area contributed by atoms with Gasteiger partial charge in [-0.3, -0.25) is 4.79 Å². The first-order valence-corrected chi connectivity index (χ1v) is 9.06. The second-order valence-corrected chi connectivity index (χ2v) is 7.24. The predicted octanol–water partition coefficient (Wildman–Crippen LogP) is 4.39. The molecule has 2 aromatic rings. The Hall–Kier alpha value is -2.37. The first-order chi connectivity index (χ1) is 12.3. The quantitative estimate of drug-likeness (QED) is 0.686. The molecule has 6 heteroatoms. The monoisotopic (exact) mass is 385 g/mol. The highest BCUT2D eigenvalue weighted by Gasteiger charge is 2.30. The number of aryl methyl sites for hydroxylation is 2. The van der Waals surface area contributed by atoms with Gasteiger partial charge in [0, 0.05) is 16.4 Å². The summed E-state index contributed by atoms with van der Waals surface area (Å²) >= 11 is 11.4. The van der Waals surface area contributed by atoms with E-state index < -0.39 is 0 Å². The Morgan fingerprint density at radius 2 is 1.92 bits per heavy atom. The molecule has 0 aromatic heterocycles. The normalized spacial score (nSPS) is 16.8. The van der Waals surface area contributed by atoms with Crippen molar-refractivity contribution in [1.82, 2.24) is 10.6 Å². The molecule has 134 valence electrons. The van der Waals surface area contributed by atoms with Gasteiger partial charge in [0.25, 0.3) is 5.91 Å². The number of carbonyl (C=O) groups is 1. The molecule has 26 heavy (non-hydrogen) atoms. The van der Waals surface area contributed by atoms with E-state index in [2.05, 4.69) is 16.0 Å². The highest BCUT2D eigenvalue weighted by molar-refractivity contribution is 7.80. The molecule has 0 bridgehead atoms. The van der Waals surface area contributed by atoms with Crippen LogP contribution in [-0.4, -0.2) is 11.0 Å². The molecule has 3 N–H and O–H groups in total. The van der Waals surface area contributed by atoms with E-state index in [1.54, 1.807) is 6.07 Å². The summed E-state index contributed by atoms with van der Waals surface area (Å²) in [5, 5.41) is 10.3. The topological polar surface area (TPSA) is 53.2 Å². The third-order valence-corrected chi connectivity index (χ3v) is 4.78. The van der Waals surface area contributed by atoms with Crippen molar-refractivity contribution >= 4 is 40.5 Å². The molecule has 0 fully saturated rings. The van der Waals surface area contributed by atoms with Gasteiger partial charge in [-0.05, 0) is 62.3 Å². The average molecular weight is 386 g/mol. The molecular formula is C20H20ClN3OS. The molecule has 1 aliphatic heterocycles. The first-order valence-electron chi connectivity index (χ1n) is 8.27. The molecule has 1 unspecified atom stereocenters. The van der Waals surface area contributed by atoms with E-state index in [0.717, 1.165) is 28.1 Å². The summed E-state index contributed by atoms with van der Waals surface area (Å²) < 4.78 is 0. The van der Waals surface area contributed by atoms with Crippen LogP contribution < -0.4 is 16.0 Å². The Bertz CT molecular complexity index is 923. The zero-order valence-corrected chi connectivity index (χ0v) is 16.4. The SMILES string of the molecule is CC1=C(C(=O)Nc2ccc(C)cc2C)C(c2cccc(Cl)c2)NC(=S)N1. The van der Waals surface area contributed by atoms with E-state index >= 15 is 0 Å². The van der Waals surface area contributed by atoms with Gasteiger partial charge in [-0.1, -0.05) is 41.4 Å². The Morgan fingerprint density at radius 3 is 2.62 bits per heavy atom. The molecule has 0 aliphatic carbocycles. The number of benzene rings is 2. The lowest BCUT2D eigenvalue weighted by atomic mass is 9.95. The van der Waals surface area contributed by atoms with Gasteiger partial charge in [0.1, 0.15) is 0 Å². The zero-order chi connectivity index (χ0) is 18.8. The van der Waals surface area contributed by atoms with Crippen molar-refractivity contribution < 1.29 is 4.79 Å². The highest BCUT2D eigenvalue weighted by atomic mass is 35.5. The van der Waals surface area contributed by atoms with Gasteiger partial charge in [-0.2, -0.15) is 0 Å². The fourth-order valence-corrected chi connectivity index (χ4v) is 3.54. The molecule has 1 amide bonds. The maximum atomic E-state index is 13.1. The van der Waals surface area contributed by atoms with Crippen molar-refractivity contribution in [2.45, 2.75) is 26.8 Å². The standard InChI is InChI=1S/C20H20ClN3OS/c1-11-7-8-16(12(2)9-11)23-19(25)17-13(3)22-20(26)24-18(17)14-5-4-6-15(21)10-14/h4-10,18H,1-3H3,(H,23,25)(H2,22,24,26). The van der Waals surface area contributed by atoms with Crippen LogP contribution in [0.3, 0.4) is 0 Å². The average Bonchev–Trinajstić information content (AvgIpc) is 2.56. The van der Waals surface area contributed by atoms with Crippen molar-refractivity contribution in [3.05, 3.63) is 75.4 Å². The molecule has 0 saturated carbocycles. The van der Waals surface area contributed by atoms with Crippen LogP contribution in [0.15, 0.2) is 53.7 Å². The van der Waals surface area contributed by atoms with Crippen LogP contribution >= 0.6 is 23.8 Å². The third kappa shape index (κ3) is 3.89. The lowest BCUT2D eigenvalue weighted by Gasteiger charge is -2.30. The molecule has 3 rings (SSSR count). The van der Waals surface area contributed by atoms with E-state index in [-0.39, 0.29) is 11.9 Å². The molecule has 4 nitrogen and oxygen atoms in total. The van der Waals surface area contributed by atoms with E-state index in [1.807, 2.05) is 57.2 Å². The predicted molar refractivity (Wildman–Crippen MR) is 110 cm³/mol. The number of hydrogen-bond acceptors (Lipinski definition) is 2. The van der Waals surface area contributed by atoms with Crippen molar-refractivity contribution in [2.24, 2.45) is 0 Å². The van der Waals surface area contributed by atoms with Crippen molar-refractivity contribution in [3.63, 3.8) is 0 Å². The maximum absolute atomic E-state index is 13.1. The van der Waals surface area contributed by atoms with Crippen LogP contribution in [-0.2, 0) is 4.79 Å². The van der Waals surface area contributed by atoms with Crippen LogP contribution in [0.25, 0.3) is 0 Å². The second-order valence-electron chi connectivity index (χ2n) is 6.40. The van der Waals surface area contributed by atoms with Gasteiger partial charge in [-0.25, -0.2) is 0 Å². The Morgan fingerprint density at radius 1 is 1.15 bits per heavy atom. The van der Waals surface area contributed by atoms with Gasteiger partial charge in [0.2, 0.25) is 0 Å². The largest absolute Gasteiger partial charge is 0.351 e. The number of anilines is 1. The molecule has 1 heterocycles. The van der Waals surface area contributed by atoms with Crippen molar-refractivity contribution in [1.29, 1.82) is 0 Å². The smallest absolute Gasteiger partial charge is 0.255 e. The molecular weight excluding hydrogens is 366 g/mol. The molecule has 1 aliphatic rings. The van der Waals surface area contributed by atoms with Crippen LogP contribution in [0.1, 0.15) is 29.7 Å². The zero-order valence-electron chi connectivity index (χ0n) is 14.8. The lowest BCUT2D eigenvalue weighted by molar-refractivity contribution is -0.113. The van der Waals surface area contributed by atoms with Gasteiger partial charge in [0.05, 0.1) is 11.6 Å². The summed E-state index contributed by atoms with van der Waals surface area (Å²) in [5.41, 5.74) is 5.15. The Balaban J connectivity index is 1.97. The fourth-order valence-electron chi connectivity index (χ4n) is 3.07. The van der Waals surface area contributed by atoms with Crippen LogP contribution in [0.2, 0.25) is 5.02 Å². The molecule has 0 saturated heterocycles. The number of hydrogen-bond donors (Lipinski definition) is 3. The summed E-state index contributed by atoms with van der Waals surface area (Å²) in [6.07, 6.45) is 0. The van der Waals surface area contributed by atoms with Crippen LogP contribution in [0, 0.1) is 13.8 Å². The number of carbonyl (C=O) groups excluding carboxylic acids is 1. The van der Waals surface area contributed by atoms with Gasteiger partial charge in [-0.15, -0.1) is 0 Å². The summed E-state index contributed by atoms with van der Waals surface area (Å²) in [6, 6.07) is 13.0. The molecule has 0 radical (unpaired) electrons. The first kappa shape index (κ1) is 18.4. The summed E-state index contributed by atoms with van der Waals surface area (Å²) in [6.45, 7) is 5.85. The Labute approximate surface area is 163 Å².